The fraction of sp³-hybridized carbons (Fsp3) is 0. The van der Waals surface area contributed by atoms with Gasteiger partial charge in [-0.1, -0.05) is 164 Å². The van der Waals surface area contributed by atoms with Crippen LogP contribution in [-0.2, 0) is 0 Å². The molecule has 0 atom stereocenters. The molecule has 7 nitrogen and oxygen atoms in total. The van der Waals surface area contributed by atoms with Gasteiger partial charge in [0.2, 0.25) is 11.9 Å². The van der Waals surface area contributed by atoms with E-state index >= 15 is 0 Å². The predicted molar refractivity (Wildman–Crippen MR) is 199 cm³/mol. The molecule has 0 bridgehead atoms. The Labute approximate surface area is 287 Å². The van der Waals surface area contributed by atoms with Crippen LogP contribution >= 0.6 is 0 Å². The molecule has 6 aromatic carbocycles. The largest absolute Gasteiger partial charge is 0.246 e. The minimum atomic E-state index is 0. The van der Waals surface area contributed by atoms with Crippen molar-refractivity contribution in [2.45, 2.75) is 0 Å². The minimum absolute atomic E-state index is 0. The molecule has 2 aromatic heterocycles. The van der Waals surface area contributed by atoms with E-state index in [1.165, 1.54) is 0 Å². The summed E-state index contributed by atoms with van der Waals surface area (Å²) in [4.78, 5) is 32.0. The zero-order chi connectivity index (χ0) is 32.8. The standard InChI is InChI=1S/C42H29N7.2H2/c1-6-16-30(17-7-1)31-26-28-36(29-27-31)49(41-45-37(32-18-8-2-9-19-32)43-38(46-41)33-20-10-3-11-21-33)42-47-39(34-22-12-4-13-23-34)44-40(48-42)35-24-14-5-15-25-35;;/h1-29H;2*1H. The van der Waals surface area contributed by atoms with E-state index in [2.05, 4.69) is 24.3 Å². The number of hydrogen-bond donors (Lipinski definition) is 0. The molecule has 0 N–H and O–H groups in total. The summed E-state index contributed by atoms with van der Waals surface area (Å²) in [5, 5.41) is 0. The van der Waals surface area contributed by atoms with Crippen molar-refractivity contribution in [3.8, 4) is 56.7 Å². The fourth-order valence-corrected chi connectivity index (χ4v) is 5.55. The highest BCUT2D eigenvalue weighted by molar-refractivity contribution is 5.76. The second-order valence-electron chi connectivity index (χ2n) is 11.3. The second kappa shape index (κ2) is 13.5. The number of rotatable bonds is 8. The molecular weight excluding hydrogens is 603 g/mol. The summed E-state index contributed by atoms with van der Waals surface area (Å²) >= 11 is 0. The molecule has 8 aromatic rings. The van der Waals surface area contributed by atoms with Gasteiger partial charge >= 0.3 is 0 Å². The van der Waals surface area contributed by atoms with Crippen LogP contribution in [0.2, 0.25) is 0 Å². The molecule has 0 unspecified atom stereocenters. The van der Waals surface area contributed by atoms with Crippen LogP contribution in [0.15, 0.2) is 176 Å². The summed E-state index contributed by atoms with van der Waals surface area (Å²) in [6.07, 6.45) is 0. The number of nitrogens with zero attached hydrogens (tertiary/aromatic N) is 7. The summed E-state index contributed by atoms with van der Waals surface area (Å²) in [7, 11) is 0. The quantitative estimate of drug-likeness (QED) is 0.164. The number of benzene rings is 6. The van der Waals surface area contributed by atoms with Gasteiger partial charge in [0.15, 0.2) is 23.3 Å². The van der Waals surface area contributed by atoms with Gasteiger partial charge in [-0.3, -0.25) is 0 Å². The van der Waals surface area contributed by atoms with Crippen LogP contribution in [0.5, 0.6) is 0 Å². The van der Waals surface area contributed by atoms with Gasteiger partial charge in [0.05, 0.1) is 5.69 Å². The number of aromatic nitrogens is 6. The Bertz CT molecular complexity index is 2070. The van der Waals surface area contributed by atoms with Crippen molar-refractivity contribution in [2.75, 3.05) is 4.90 Å². The lowest BCUT2D eigenvalue weighted by molar-refractivity contribution is 0.964. The van der Waals surface area contributed by atoms with Gasteiger partial charge in [-0.2, -0.15) is 19.9 Å². The Hall–Kier alpha value is -6.86. The van der Waals surface area contributed by atoms with Crippen molar-refractivity contribution in [3.63, 3.8) is 0 Å². The highest BCUT2D eigenvalue weighted by Crippen LogP contribution is 2.35. The van der Waals surface area contributed by atoms with E-state index in [1.54, 1.807) is 0 Å². The zero-order valence-electron chi connectivity index (χ0n) is 26.4. The molecule has 0 aliphatic carbocycles. The molecule has 2 heterocycles. The highest BCUT2D eigenvalue weighted by Gasteiger charge is 2.24. The average molecular weight is 636 g/mol. The molecule has 0 saturated carbocycles. The van der Waals surface area contributed by atoms with E-state index in [9.17, 15) is 0 Å². The molecular formula is C42H33N7. The normalized spacial score (nSPS) is 10.9. The Kier molecular flexibility index (Phi) is 8.12. The monoisotopic (exact) mass is 635 g/mol. The fourth-order valence-electron chi connectivity index (χ4n) is 5.55. The van der Waals surface area contributed by atoms with Crippen LogP contribution in [0.4, 0.5) is 17.6 Å². The van der Waals surface area contributed by atoms with Crippen molar-refractivity contribution in [3.05, 3.63) is 176 Å². The Morgan fingerprint density at radius 1 is 0.265 bits per heavy atom. The van der Waals surface area contributed by atoms with E-state index in [0.29, 0.717) is 35.2 Å². The maximum Gasteiger partial charge on any atom is 0.241 e. The average Bonchev–Trinajstić information content (AvgIpc) is 3.20. The molecule has 0 fully saturated rings. The Morgan fingerprint density at radius 3 is 0.837 bits per heavy atom. The molecule has 7 heteroatoms. The molecule has 0 spiro atoms. The third-order valence-electron chi connectivity index (χ3n) is 8.01. The molecule has 0 radical (unpaired) electrons. The van der Waals surface area contributed by atoms with Gasteiger partial charge in [0.1, 0.15) is 0 Å². The van der Waals surface area contributed by atoms with Gasteiger partial charge in [0, 0.05) is 25.1 Å². The van der Waals surface area contributed by atoms with Crippen LogP contribution in [0.25, 0.3) is 56.7 Å². The van der Waals surface area contributed by atoms with E-state index in [-0.39, 0.29) is 2.85 Å². The summed E-state index contributed by atoms with van der Waals surface area (Å²) < 4.78 is 0. The summed E-state index contributed by atoms with van der Waals surface area (Å²) in [5.41, 5.74) is 6.47. The lowest BCUT2D eigenvalue weighted by Gasteiger charge is -2.23. The highest BCUT2D eigenvalue weighted by atomic mass is 15.4. The molecule has 236 valence electrons. The predicted octanol–water partition coefficient (Wildman–Crippen LogP) is 10.4. The molecule has 49 heavy (non-hydrogen) atoms. The first-order valence-electron chi connectivity index (χ1n) is 16.0. The van der Waals surface area contributed by atoms with Gasteiger partial charge < -0.3 is 0 Å². The van der Waals surface area contributed by atoms with Crippen LogP contribution < -0.4 is 4.90 Å². The van der Waals surface area contributed by atoms with Gasteiger partial charge in [-0.25, -0.2) is 14.9 Å². The van der Waals surface area contributed by atoms with E-state index in [4.69, 9.17) is 29.9 Å². The number of hydrogen-bond acceptors (Lipinski definition) is 7. The van der Waals surface area contributed by atoms with Crippen molar-refractivity contribution in [1.29, 1.82) is 0 Å². The zero-order valence-corrected chi connectivity index (χ0v) is 26.4. The second-order valence-corrected chi connectivity index (χ2v) is 11.3. The van der Waals surface area contributed by atoms with E-state index < -0.39 is 0 Å². The number of anilines is 3. The van der Waals surface area contributed by atoms with E-state index in [1.807, 2.05) is 157 Å². The molecule has 0 saturated heterocycles. The molecule has 0 aliphatic rings. The SMILES string of the molecule is [HH].[HH].c1ccc(-c2ccc(N(c3nc(-c4ccccc4)nc(-c4ccccc4)n3)c3nc(-c4ccccc4)nc(-c4ccccc4)n3)cc2)cc1. The van der Waals surface area contributed by atoms with Crippen LogP contribution in [0.3, 0.4) is 0 Å². The van der Waals surface area contributed by atoms with Crippen LogP contribution in [0.1, 0.15) is 2.85 Å². The van der Waals surface area contributed by atoms with Crippen molar-refractivity contribution >= 4 is 17.6 Å². The summed E-state index contributed by atoms with van der Waals surface area (Å²) in [6, 6.07) is 58.3. The van der Waals surface area contributed by atoms with Gasteiger partial charge in [-0.15, -0.1) is 0 Å². The first-order valence-corrected chi connectivity index (χ1v) is 16.0. The van der Waals surface area contributed by atoms with Crippen molar-refractivity contribution in [1.82, 2.24) is 29.9 Å². The van der Waals surface area contributed by atoms with Gasteiger partial charge in [-0.05, 0) is 23.3 Å². The Morgan fingerprint density at radius 2 is 0.531 bits per heavy atom. The molecule has 0 amide bonds. The summed E-state index contributed by atoms with van der Waals surface area (Å²) in [5.74, 6) is 2.91. The van der Waals surface area contributed by atoms with Crippen LogP contribution in [-0.4, -0.2) is 29.9 Å². The smallest absolute Gasteiger partial charge is 0.241 e. The third kappa shape index (κ3) is 6.41. The molecule has 8 rings (SSSR count). The summed E-state index contributed by atoms with van der Waals surface area (Å²) in [6.45, 7) is 0. The van der Waals surface area contributed by atoms with Crippen molar-refractivity contribution < 1.29 is 2.85 Å². The lowest BCUT2D eigenvalue weighted by atomic mass is 10.1. The van der Waals surface area contributed by atoms with Crippen molar-refractivity contribution in [2.24, 2.45) is 0 Å². The third-order valence-corrected chi connectivity index (χ3v) is 8.01. The first-order chi connectivity index (χ1) is 24.3. The maximum atomic E-state index is 5.07. The van der Waals surface area contributed by atoms with Crippen LogP contribution in [0, 0.1) is 0 Å². The minimum Gasteiger partial charge on any atom is -0.246 e. The maximum absolute atomic E-state index is 5.07. The van der Waals surface area contributed by atoms with Gasteiger partial charge in [0.25, 0.3) is 0 Å². The molecule has 0 aliphatic heterocycles. The first kappa shape index (κ1) is 29.5. The Balaban J connectivity index is 0.00000224. The lowest BCUT2D eigenvalue weighted by Crippen LogP contribution is -2.19. The van der Waals surface area contributed by atoms with E-state index in [0.717, 1.165) is 39.1 Å². The topological polar surface area (TPSA) is 80.6 Å².